The van der Waals surface area contributed by atoms with Crippen LogP contribution in [0, 0.1) is 0 Å². The summed E-state index contributed by atoms with van der Waals surface area (Å²) >= 11 is 1.39. The van der Waals surface area contributed by atoms with E-state index in [0.717, 1.165) is 36.5 Å². The molecule has 3 nitrogen and oxygen atoms in total. The van der Waals surface area contributed by atoms with Crippen LogP contribution in [0.5, 0.6) is 5.75 Å². The molecule has 0 atom stereocenters. The zero-order valence-electron chi connectivity index (χ0n) is 12.0. The van der Waals surface area contributed by atoms with Crippen molar-refractivity contribution in [3.05, 3.63) is 29.8 Å². The molecule has 19 heavy (non-hydrogen) atoms. The maximum absolute atomic E-state index is 11.9. The number of benzene rings is 1. The zero-order valence-corrected chi connectivity index (χ0v) is 12.8. The highest BCUT2D eigenvalue weighted by molar-refractivity contribution is 8.14. The van der Waals surface area contributed by atoms with Gasteiger partial charge in [0.15, 0.2) is 0 Å². The maximum atomic E-state index is 11.9. The van der Waals surface area contributed by atoms with Gasteiger partial charge in [-0.25, -0.2) is 0 Å². The van der Waals surface area contributed by atoms with Gasteiger partial charge in [-0.05, 0) is 57.7 Å². The molecule has 0 radical (unpaired) electrons. The molecule has 0 unspecified atom stereocenters. The van der Waals surface area contributed by atoms with Gasteiger partial charge in [-0.15, -0.1) is 0 Å². The van der Waals surface area contributed by atoms with Crippen LogP contribution in [-0.2, 0) is 0 Å². The molecule has 0 aliphatic carbocycles. The summed E-state index contributed by atoms with van der Waals surface area (Å²) in [6, 6.07) is 7.41. The predicted molar refractivity (Wildman–Crippen MR) is 82.2 cm³/mol. The molecule has 0 spiro atoms. The molecule has 0 saturated carbocycles. The SMILES string of the molecule is CCCOc1ccc(C(=O)SCCCN(C)C)cc1. The second-order valence-electron chi connectivity index (χ2n) is 4.67. The number of nitrogens with zero attached hydrogens (tertiary/aromatic N) is 1. The predicted octanol–water partition coefficient (Wildman–Crippen LogP) is 3.30. The highest BCUT2D eigenvalue weighted by Crippen LogP contribution is 2.17. The lowest BCUT2D eigenvalue weighted by Crippen LogP contribution is -2.13. The summed E-state index contributed by atoms with van der Waals surface area (Å²) in [5.74, 6) is 1.70. The van der Waals surface area contributed by atoms with Crippen LogP contribution >= 0.6 is 11.8 Å². The molecule has 0 bridgehead atoms. The van der Waals surface area contributed by atoms with Crippen LogP contribution in [0.1, 0.15) is 30.1 Å². The fourth-order valence-electron chi connectivity index (χ4n) is 1.54. The molecular formula is C15H23NO2S. The average molecular weight is 281 g/mol. The van der Waals surface area contributed by atoms with Gasteiger partial charge in [0.05, 0.1) is 6.61 Å². The molecule has 1 aromatic rings. The normalized spacial score (nSPS) is 10.7. The second kappa shape index (κ2) is 8.99. The van der Waals surface area contributed by atoms with E-state index in [1.165, 1.54) is 11.8 Å². The minimum atomic E-state index is 0.140. The van der Waals surface area contributed by atoms with E-state index in [2.05, 4.69) is 11.8 Å². The number of ether oxygens (including phenoxy) is 1. The number of rotatable bonds is 8. The molecule has 1 rings (SSSR count). The first kappa shape index (κ1) is 16.1. The monoisotopic (exact) mass is 281 g/mol. The Bertz CT molecular complexity index is 376. The average Bonchev–Trinajstić information content (AvgIpc) is 2.41. The first-order valence-corrected chi connectivity index (χ1v) is 7.66. The summed E-state index contributed by atoms with van der Waals surface area (Å²) in [5.41, 5.74) is 0.749. The summed E-state index contributed by atoms with van der Waals surface area (Å²) < 4.78 is 5.49. The molecule has 0 aliphatic rings. The fraction of sp³-hybridized carbons (Fsp3) is 0.533. The van der Waals surface area contributed by atoms with Crippen LogP contribution in [-0.4, -0.2) is 43.0 Å². The molecule has 4 heteroatoms. The maximum Gasteiger partial charge on any atom is 0.219 e. The Kier molecular flexibility index (Phi) is 7.60. The number of hydrogen-bond donors (Lipinski definition) is 0. The van der Waals surface area contributed by atoms with Crippen LogP contribution in [0.15, 0.2) is 24.3 Å². The molecule has 0 amide bonds. The zero-order chi connectivity index (χ0) is 14.1. The molecule has 106 valence electrons. The van der Waals surface area contributed by atoms with Gasteiger partial charge in [-0.1, -0.05) is 18.7 Å². The number of carbonyl (C=O) groups is 1. The third kappa shape index (κ3) is 6.64. The van der Waals surface area contributed by atoms with E-state index in [9.17, 15) is 4.79 Å². The highest BCUT2D eigenvalue weighted by atomic mass is 32.2. The van der Waals surface area contributed by atoms with Gasteiger partial charge < -0.3 is 9.64 Å². The summed E-state index contributed by atoms with van der Waals surface area (Å²) in [6.45, 7) is 3.80. The van der Waals surface area contributed by atoms with Crippen LogP contribution in [0.4, 0.5) is 0 Å². The van der Waals surface area contributed by atoms with Crippen molar-refractivity contribution >= 4 is 16.9 Å². The van der Waals surface area contributed by atoms with Crippen molar-refractivity contribution in [1.82, 2.24) is 4.90 Å². The Morgan fingerprint density at radius 3 is 2.53 bits per heavy atom. The van der Waals surface area contributed by atoms with Crippen molar-refractivity contribution in [2.45, 2.75) is 19.8 Å². The lowest BCUT2D eigenvalue weighted by molar-refractivity contribution is 0.108. The lowest BCUT2D eigenvalue weighted by atomic mass is 10.2. The fourth-order valence-corrected chi connectivity index (χ4v) is 2.30. The van der Waals surface area contributed by atoms with Crippen molar-refractivity contribution in [2.75, 3.05) is 33.0 Å². The van der Waals surface area contributed by atoms with Crippen LogP contribution in [0.3, 0.4) is 0 Å². The van der Waals surface area contributed by atoms with E-state index < -0.39 is 0 Å². The van der Waals surface area contributed by atoms with Gasteiger partial charge in [-0.2, -0.15) is 0 Å². The van der Waals surface area contributed by atoms with Crippen LogP contribution in [0.25, 0.3) is 0 Å². The van der Waals surface area contributed by atoms with Crippen molar-refractivity contribution in [3.8, 4) is 5.75 Å². The van der Waals surface area contributed by atoms with Gasteiger partial charge >= 0.3 is 0 Å². The van der Waals surface area contributed by atoms with Crippen molar-refractivity contribution in [2.24, 2.45) is 0 Å². The Labute approximate surface area is 120 Å². The Hall–Kier alpha value is -1.00. The molecule has 0 N–H and O–H groups in total. The van der Waals surface area contributed by atoms with Gasteiger partial charge in [0, 0.05) is 11.3 Å². The van der Waals surface area contributed by atoms with Crippen molar-refractivity contribution < 1.29 is 9.53 Å². The summed E-state index contributed by atoms with van der Waals surface area (Å²) in [5, 5.41) is 0.140. The summed E-state index contributed by atoms with van der Waals surface area (Å²) in [4.78, 5) is 14.1. The molecular weight excluding hydrogens is 258 g/mol. The molecule has 0 heterocycles. The third-order valence-corrected chi connectivity index (χ3v) is 3.54. The van der Waals surface area contributed by atoms with Crippen molar-refractivity contribution in [1.29, 1.82) is 0 Å². The molecule has 1 aromatic carbocycles. The number of thioether (sulfide) groups is 1. The van der Waals surface area contributed by atoms with E-state index in [0.29, 0.717) is 6.61 Å². The van der Waals surface area contributed by atoms with Gasteiger partial charge in [0.2, 0.25) is 5.12 Å². The van der Waals surface area contributed by atoms with Gasteiger partial charge in [0.25, 0.3) is 0 Å². The molecule has 0 aliphatic heterocycles. The topological polar surface area (TPSA) is 29.5 Å². The summed E-state index contributed by atoms with van der Waals surface area (Å²) in [7, 11) is 4.09. The van der Waals surface area contributed by atoms with E-state index >= 15 is 0 Å². The number of hydrogen-bond acceptors (Lipinski definition) is 4. The summed E-state index contributed by atoms with van der Waals surface area (Å²) in [6.07, 6.45) is 2.02. The quantitative estimate of drug-likeness (QED) is 0.684. The molecule has 0 fully saturated rings. The van der Waals surface area contributed by atoms with Crippen LogP contribution in [0.2, 0.25) is 0 Å². The second-order valence-corrected chi connectivity index (χ2v) is 5.73. The standard InChI is InChI=1S/C15H23NO2S/c1-4-11-18-14-8-6-13(7-9-14)15(17)19-12-5-10-16(2)3/h6-9H,4-5,10-12H2,1-3H3. The lowest BCUT2D eigenvalue weighted by Gasteiger charge is -2.08. The van der Waals surface area contributed by atoms with Gasteiger partial charge in [0.1, 0.15) is 5.75 Å². The smallest absolute Gasteiger partial charge is 0.219 e. The van der Waals surface area contributed by atoms with Crippen LogP contribution < -0.4 is 4.74 Å². The Balaban J connectivity index is 2.36. The minimum Gasteiger partial charge on any atom is -0.494 e. The Morgan fingerprint density at radius 1 is 1.26 bits per heavy atom. The third-order valence-electron chi connectivity index (χ3n) is 2.55. The largest absolute Gasteiger partial charge is 0.494 e. The van der Waals surface area contributed by atoms with Gasteiger partial charge in [-0.3, -0.25) is 4.79 Å². The first-order valence-electron chi connectivity index (χ1n) is 6.68. The first-order chi connectivity index (χ1) is 9.13. The van der Waals surface area contributed by atoms with E-state index in [-0.39, 0.29) is 5.12 Å². The Morgan fingerprint density at radius 2 is 1.95 bits per heavy atom. The minimum absolute atomic E-state index is 0.140. The van der Waals surface area contributed by atoms with E-state index in [1.807, 2.05) is 38.4 Å². The molecule has 0 aromatic heterocycles. The number of carbonyl (C=O) groups excluding carboxylic acids is 1. The highest BCUT2D eigenvalue weighted by Gasteiger charge is 2.06. The van der Waals surface area contributed by atoms with E-state index in [1.54, 1.807) is 0 Å². The van der Waals surface area contributed by atoms with E-state index in [4.69, 9.17) is 4.74 Å². The molecule has 0 saturated heterocycles. The van der Waals surface area contributed by atoms with Crippen molar-refractivity contribution in [3.63, 3.8) is 0 Å².